The van der Waals surface area contributed by atoms with E-state index in [-0.39, 0.29) is 0 Å². The SMILES string of the molecule is CCCCCCCCCCCCCCCCn1cc[n+](CCCCCCCCCCCCC)c1CC. The molecule has 0 saturated carbocycles. The zero-order chi connectivity index (χ0) is 25.9. The Kier molecular flexibility index (Phi) is 23.9. The van der Waals surface area contributed by atoms with Gasteiger partial charge in [0.25, 0.3) is 5.82 Å². The van der Waals surface area contributed by atoms with E-state index in [4.69, 9.17) is 0 Å². The number of imidazole rings is 1. The molecular weight excluding hydrogens is 436 g/mol. The van der Waals surface area contributed by atoms with Crippen molar-refractivity contribution in [3.05, 3.63) is 18.2 Å². The van der Waals surface area contributed by atoms with E-state index in [1.807, 2.05) is 0 Å². The molecule has 1 aromatic heterocycles. The summed E-state index contributed by atoms with van der Waals surface area (Å²) in [5, 5.41) is 0. The molecule has 1 rings (SSSR count). The molecule has 0 aliphatic rings. The zero-order valence-electron chi connectivity index (χ0n) is 25.3. The van der Waals surface area contributed by atoms with Gasteiger partial charge in [-0.15, -0.1) is 0 Å². The van der Waals surface area contributed by atoms with Gasteiger partial charge in [-0.25, -0.2) is 9.13 Å². The van der Waals surface area contributed by atoms with Gasteiger partial charge in [0.1, 0.15) is 12.4 Å². The van der Waals surface area contributed by atoms with Crippen LogP contribution in [0.4, 0.5) is 0 Å². The number of aromatic nitrogens is 2. The first kappa shape index (κ1) is 33.2. The van der Waals surface area contributed by atoms with Crippen molar-refractivity contribution in [1.29, 1.82) is 0 Å². The summed E-state index contributed by atoms with van der Waals surface area (Å²) >= 11 is 0. The Hall–Kier alpha value is -0.790. The standard InChI is InChI=1S/C34H67N2/c1-4-7-9-11-13-15-17-18-19-21-23-25-27-29-31-36-33-32-35(34(36)6-3)30-28-26-24-22-20-16-14-12-10-8-5-2/h32-33H,4-31H2,1-3H3/q+1. The summed E-state index contributed by atoms with van der Waals surface area (Å²) in [5.41, 5.74) is 0. The van der Waals surface area contributed by atoms with Gasteiger partial charge in [-0.2, -0.15) is 0 Å². The maximum absolute atomic E-state index is 2.54. The van der Waals surface area contributed by atoms with Gasteiger partial charge in [-0.3, -0.25) is 0 Å². The summed E-state index contributed by atoms with van der Waals surface area (Å²) < 4.78 is 5.08. The molecule has 0 atom stereocenters. The highest BCUT2D eigenvalue weighted by atomic mass is 15.1. The van der Waals surface area contributed by atoms with E-state index >= 15 is 0 Å². The second-order valence-corrected chi connectivity index (χ2v) is 11.6. The van der Waals surface area contributed by atoms with Crippen molar-refractivity contribution in [3.8, 4) is 0 Å². The highest BCUT2D eigenvalue weighted by molar-refractivity contribution is 4.83. The first-order valence-electron chi connectivity index (χ1n) is 16.9. The summed E-state index contributed by atoms with van der Waals surface area (Å²) in [7, 11) is 0. The van der Waals surface area contributed by atoms with Gasteiger partial charge >= 0.3 is 0 Å². The van der Waals surface area contributed by atoms with Crippen molar-refractivity contribution in [1.82, 2.24) is 4.57 Å². The van der Waals surface area contributed by atoms with E-state index in [9.17, 15) is 0 Å². The van der Waals surface area contributed by atoms with Crippen LogP contribution in [-0.2, 0) is 19.5 Å². The number of nitrogens with zero attached hydrogens (tertiary/aromatic N) is 2. The molecule has 0 N–H and O–H groups in total. The van der Waals surface area contributed by atoms with E-state index in [2.05, 4.69) is 42.3 Å². The summed E-state index contributed by atoms with van der Waals surface area (Å²) in [4.78, 5) is 0. The van der Waals surface area contributed by atoms with Crippen LogP contribution in [0.2, 0.25) is 0 Å². The van der Waals surface area contributed by atoms with Crippen LogP contribution in [0.5, 0.6) is 0 Å². The predicted octanol–water partition coefficient (Wildman–Crippen LogP) is 11.1. The summed E-state index contributed by atoms with van der Waals surface area (Å²) in [6.45, 7) is 9.36. The molecule has 1 aromatic rings. The summed E-state index contributed by atoms with van der Waals surface area (Å²) in [5.74, 6) is 1.54. The third kappa shape index (κ3) is 18.5. The van der Waals surface area contributed by atoms with E-state index in [0.717, 1.165) is 6.42 Å². The molecule has 2 heteroatoms. The van der Waals surface area contributed by atoms with Crippen LogP contribution in [0.3, 0.4) is 0 Å². The van der Waals surface area contributed by atoms with Crippen LogP contribution in [0.15, 0.2) is 12.4 Å². The van der Waals surface area contributed by atoms with Crippen molar-refractivity contribution < 1.29 is 4.57 Å². The molecule has 0 bridgehead atoms. The monoisotopic (exact) mass is 504 g/mol. The summed E-state index contributed by atoms with van der Waals surface area (Å²) in [6.07, 6.45) is 41.7. The molecule has 212 valence electrons. The van der Waals surface area contributed by atoms with Gasteiger partial charge < -0.3 is 0 Å². The van der Waals surface area contributed by atoms with Crippen molar-refractivity contribution in [3.63, 3.8) is 0 Å². The van der Waals surface area contributed by atoms with Gasteiger partial charge in [0.15, 0.2) is 0 Å². The fourth-order valence-electron chi connectivity index (χ4n) is 5.73. The van der Waals surface area contributed by atoms with E-state index in [1.165, 1.54) is 179 Å². The molecule has 0 saturated heterocycles. The Morgan fingerprint density at radius 1 is 0.472 bits per heavy atom. The summed E-state index contributed by atoms with van der Waals surface area (Å²) in [6, 6.07) is 0. The third-order valence-electron chi connectivity index (χ3n) is 8.16. The first-order chi connectivity index (χ1) is 17.8. The number of rotatable bonds is 28. The molecule has 0 unspecified atom stereocenters. The normalized spacial score (nSPS) is 11.5. The molecule has 0 amide bonds. The van der Waals surface area contributed by atoms with Crippen LogP contribution in [0, 0.1) is 0 Å². The van der Waals surface area contributed by atoms with Crippen LogP contribution in [0.25, 0.3) is 0 Å². The first-order valence-corrected chi connectivity index (χ1v) is 16.9. The van der Waals surface area contributed by atoms with E-state index < -0.39 is 0 Å². The molecule has 0 aliphatic carbocycles. The second kappa shape index (κ2) is 25.8. The maximum atomic E-state index is 2.54. The number of hydrogen-bond donors (Lipinski definition) is 0. The Morgan fingerprint density at radius 2 is 0.833 bits per heavy atom. The molecule has 0 radical (unpaired) electrons. The third-order valence-corrected chi connectivity index (χ3v) is 8.16. The minimum Gasteiger partial charge on any atom is -0.234 e. The highest BCUT2D eigenvalue weighted by Crippen LogP contribution is 2.14. The minimum absolute atomic E-state index is 1.16. The topological polar surface area (TPSA) is 8.81 Å². The zero-order valence-corrected chi connectivity index (χ0v) is 25.3. The fraction of sp³-hybridized carbons (Fsp3) is 0.912. The van der Waals surface area contributed by atoms with Gasteiger partial charge in [0, 0.05) is 6.42 Å². The lowest BCUT2D eigenvalue weighted by atomic mass is 10.0. The van der Waals surface area contributed by atoms with Crippen LogP contribution in [-0.4, -0.2) is 4.57 Å². The average molecular weight is 504 g/mol. The smallest absolute Gasteiger partial charge is 0.234 e. The minimum atomic E-state index is 1.16. The lowest BCUT2D eigenvalue weighted by molar-refractivity contribution is -0.704. The average Bonchev–Trinajstić information content (AvgIpc) is 3.29. The highest BCUT2D eigenvalue weighted by Gasteiger charge is 2.14. The van der Waals surface area contributed by atoms with E-state index in [1.54, 1.807) is 0 Å². The lowest BCUT2D eigenvalue weighted by Gasteiger charge is -2.05. The molecular formula is C34H67N2+. The van der Waals surface area contributed by atoms with Gasteiger partial charge in [-0.05, 0) is 25.7 Å². The Morgan fingerprint density at radius 3 is 1.22 bits per heavy atom. The molecule has 36 heavy (non-hydrogen) atoms. The number of hydrogen-bond acceptors (Lipinski definition) is 0. The number of aryl methyl sites for hydroxylation is 2. The Labute approximate surface area is 228 Å². The van der Waals surface area contributed by atoms with Crippen LogP contribution in [0.1, 0.15) is 187 Å². The van der Waals surface area contributed by atoms with Crippen LogP contribution >= 0.6 is 0 Å². The van der Waals surface area contributed by atoms with E-state index in [0.29, 0.717) is 0 Å². The molecule has 0 fully saturated rings. The largest absolute Gasteiger partial charge is 0.256 e. The Bertz CT molecular complexity index is 562. The predicted molar refractivity (Wildman–Crippen MR) is 161 cm³/mol. The number of unbranched alkanes of at least 4 members (excludes halogenated alkanes) is 23. The quantitative estimate of drug-likeness (QED) is 0.0794. The van der Waals surface area contributed by atoms with Crippen molar-refractivity contribution >= 4 is 0 Å². The van der Waals surface area contributed by atoms with Gasteiger partial charge in [0.05, 0.1) is 13.1 Å². The second-order valence-electron chi connectivity index (χ2n) is 11.6. The molecule has 0 aromatic carbocycles. The molecule has 0 aliphatic heterocycles. The van der Waals surface area contributed by atoms with Crippen molar-refractivity contribution in [2.24, 2.45) is 0 Å². The lowest BCUT2D eigenvalue weighted by Crippen LogP contribution is -2.37. The molecule has 1 heterocycles. The van der Waals surface area contributed by atoms with Gasteiger partial charge in [-0.1, -0.05) is 156 Å². The van der Waals surface area contributed by atoms with Crippen molar-refractivity contribution in [2.75, 3.05) is 0 Å². The maximum Gasteiger partial charge on any atom is 0.256 e. The van der Waals surface area contributed by atoms with Gasteiger partial charge in [0.2, 0.25) is 0 Å². The van der Waals surface area contributed by atoms with Crippen molar-refractivity contribution in [2.45, 2.75) is 201 Å². The molecule has 0 spiro atoms. The fourth-order valence-corrected chi connectivity index (χ4v) is 5.73. The molecule has 2 nitrogen and oxygen atoms in total. The Balaban J connectivity index is 1.98. The van der Waals surface area contributed by atoms with Crippen LogP contribution < -0.4 is 4.57 Å².